The molecule has 0 aliphatic rings. The first-order valence-corrected chi connectivity index (χ1v) is 12.9. The van der Waals surface area contributed by atoms with Crippen LogP contribution in [-0.2, 0) is 9.47 Å². The Kier molecular flexibility index (Phi) is 16.4. The molecule has 0 spiro atoms. The molecule has 1 heterocycles. The summed E-state index contributed by atoms with van der Waals surface area (Å²) in [7, 11) is 0. The van der Waals surface area contributed by atoms with Gasteiger partial charge in [0, 0.05) is 0 Å². The molecule has 1 aromatic rings. The lowest BCUT2D eigenvalue weighted by Crippen LogP contribution is -2.15. The van der Waals surface area contributed by atoms with Gasteiger partial charge in [-0.3, -0.25) is 0 Å². The number of ether oxygens (including phenoxy) is 2. The molecule has 1 atom stereocenters. The van der Waals surface area contributed by atoms with Crippen LogP contribution in [0.4, 0.5) is 0 Å². The first-order chi connectivity index (χ1) is 15.6. The van der Waals surface area contributed by atoms with E-state index in [1.165, 1.54) is 70.6 Å². The molecule has 1 aromatic heterocycles. The van der Waals surface area contributed by atoms with Crippen LogP contribution in [-0.4, -0.2) is 30.1 Å². The number of carbonyl (C=O) groups is 2. The van der Waals surface area contributed by atoms with E-state index < -0.39 is 11.9 Å². The molecule has 182 valence electrons. The Balaban J connectivity index is 2.09. The fourth-order valence-corrected chi connectivity index (χ4v) is 3.43. The van der Waals surface area contributed by atoms with Gasteiger partial charge in [0.1, 0.15) is 11.4 Å². The molecule has 5 heteroatoms. The summed E-state index contributed by atoms with van der Waals surface area (Å²) in [5.41, 5.74) is 0.293. The molecular weight excluding hydrogens is 402 g/mol. The van der Waals surface area contributed by atoms with Crippen molar-refractivity contribution in [3.8, 4) is 0 Å². The zero-order valence-corrected chi connectivity index (χ0v) is 20.7. The molecule has 0 aliphatic heterocycles. The smallest absolute Gasteiger partial charge is 0.356 e. The number of unbranched alkanes of at least 4 members (excludes halogenated alkanes) is 12. The van der Waals surface area contributed by atoms with Gasteiger partial charge in [-0.2, -0.15) is 0 Å². The van der Waals surface area contributed by atoms with Crippen LogP contribution >= 0.6 is 0 Å². The Hall–Kier alpha value is -1.91. The fraction of sp³-hybridized carbons (Fsp3) is 0.741. The van der Waals surface area contributed by atoms with Gasteiger partial charge < -0.3 is 9.47 Å². The number of aromatic nitrogens is 1. The zero-order valence-electron chi connectivity index (χ0n) is 20.7. The summed E-state index contributed by atoms with van der Waals surface area (Å²) in [6, 6.07) is 4.76. The summed E-state index contributed by atoms with van der Waals surface area (Å²) in [6.45, 7) is 7.07. The van der Waals surface area contributed by atoms with Crippen molar-refractivity contribution < 1.29 is 19.1 Å². The number of esters is 2. The topological polar surface area (TPSA) is 65.5 Å². The molecular formula is C27H45NO4. The van der Waals surface area contributed by atoms with Gasteiger partial charge in [-0.15, -0.1) is 0 Å². The van der Waals surface area contributed by atoms with Crippen LogP contribution in [0.5, 0.6) is 0 Å². The third-order valence-electron chi connectivity index (χ3n) is 5.84. The highest BCUT2D eigenvalue weighted by molar-refractivity contribution is 5.91. The average Bonchev–Trinajstić information content (AvgIpc) is 2.82. The highest BCUT2D eigenvalue weighted by Gasteiger charge is 2.15. The number of pyridine rings is 1. The van der Waals surface area contributed by atoms with E-state index >= 15 is 0 Å². The van der Waals surface area contributed by atoms with Gasteiger partial charge in [0.05, 0.1) is 13.2 Å². The van der Waals surface area contributed by atoms with E-state index in [0.717, 1.165) is 19.3 Å². The van der Waals surface area contributed by atoms with Crippen LogP contribution in [0.1, 0.15) is 132 Å². The second-order valence-electron chi connectivity index (χ2n) is 8.90. The van der Waals surface area contributed by atoms with E-state index in [1.54, 1.807) is 18.2 Å². The van der Waals surface area contributed by atoms with E-state index in [-0.39, 0.29) is 11.4 Å². The number of carbonyl (C=O) groups excluding carboxylic acids is 2. The summed E-state index contributed by atoms with van der Waals surface area (Å²) in [5.74, 6) is -0.690. The maximum Gasteiger partial charge on any atom is 0.356 e. The van der Waals surface area contributed by atoms with Gasteiger partial charge in [-0.1, -0.05) is 110 Å². The van der Waals surface area contributed by atoms with Gasteiger partial charge in [-0.25, -0.2) is 14.6 Å². The summed E-state index contributed by atoms with van der Waals surface area (Å²) in [6.07, 6.45) is 17.6. The van der Waals surface area contributed by atoms with Crippen molar-refractivity contribution in [2.45, 2.75) is 111 Å². The Labute approximate surface area is 195 Å². The van der Waals surface area contributed by atoms with Crippen LogP contribution in [0.2, 0.25) is 0 Å². The third kappa shape index (κ3) is 13.5. The van der Waals surface area contributed by atoms with E-state index in [0.29, 0.717) is 19.1 Å². The predicted molar refractivity (Wildman–Crippen MR) is 130 cm³/mol. The van der Waals surface area contributed by atoms with Crippen molar-refractivity contribution in [3.63, 3.8) is 0 Å². The number of hydrogen-bond donors (Lipinski definition) is 0. The Morgan fingerprint density at radius 1 is 0.750 bits per heavy atom. The van der Waals surface area contributed by atoms with Gasteiger partial charge >= 0.3 is 11.9 Å². The first-order valence-electron chi connectivity index (χ1n) is 12.9. The summed E-state index contributed by atoms with van der Waals surface area (Å²) in [5, 5.41) is 0. The highest BCUT2D eigenvalue weighted by atomic mass is 16.5. The van der Waals surface area contributed by atoms with Crippen molar-refractivity contribution in [1.29, 1.82) is 0 Å². The predicted octanol–water partition coefficient (Wildman–Crippen LogP) is 7.53. The molecule has 0 amide bonds. The molecule has 0 saturated carbocycles. The lowest BCUT2D eigenvalue weighted by molar-refractivity contribution is 0.0438. The van der Waals surface area contributed by atoms with E-state index in [1.807, 2.05) is 13.8 Å². The van der Waals surface area contributed by atoms with Crippen molar-refractivity contribution in [1.82, 2.24) is 4.98 Å². The van der Waals surface area contributed by atoms with Crippen LogP contribution in [0.25, 0.3) is 0 Å². The molecule has 0 radical (unpaired) electrons. The van der Waals surface area contributed by atoms with Crippen molar-refractivity contribution in [2.75, 3.05) is 13.2 Å². The van der Waals surface area contributed by atoms with Crippen LogP contribution in [0.3, 0.4) is 0 Å². The Morgan fingerprint density at radius 3 is 1.72 bits per heavy atom. The number of rotatable bonds is 19. The monoisotopic (exact) mass is 447 g/mol. The minimum absolute atomic E-state index is 0.142. The number of hydrogen-bond acceptors (Lipinski definition) is 5. The van der Waals surface area contributed by atoms with Crippen LogP contribution < -0.4 is 0 Å². The number of nitrogens with zero attached hydrogens (tertiary/aromatic N) is 1. The van der Waals surface area contributed by atoms with Crippen molar-refractivity contribution >= 4 is 11.9 Å². The van der Waals surface area contributed by atoms with Crippen LogP contribution in [0, 0.1) is 5.92 Å². The molecule has 5 nitrogen and oxygen atoms in total. The second-order valence-corrected chi connectivity index (χ2v) is 8.90. The molecule has 0 aliphatic carbocycles. The third-order valence-corrected chi connectivity index (χ3v) is 5.84. The van der Waals surface area contributed by atoms with Gasteiger partial charge in [0.2, 0.25) is 0 Å². The molecule has 1 rings (SSSR count). The van der Waals surface area contributed by atoms with Crippen LogP contribution in [0.15, 0.2) is 18.2 Å². The van der Waals surface area contributed by atoms with E-state index in [2.05, 4.69) is 11.9 Å². The molecule has 0 N–H and O–H groups in total. The van der Waals surface area contributed by atoms with Gasteiger partial charge in [0.15, 0.2) is 0 Å². The highest BCUT2D eigenvalue weighted by Crippen LogP contribution is 2.13. The molecule has 1 unspecified atom stereocenters. The second kappa shape index (κ2) is 18.6. The van der Waals surface area contributed by atoms with Crippen molar-refractivity contribution in [2.24, 2.45) is 5.92 Å². The SMILES string of the molecule is CCCCCCCCCCCCCCCOC(=O)c1cccc(C(=O)OCC(C)CC)n1. The maximum absolute atomic E-state index is 12.2. The average molecular weight is 448 g/mol. The lowest BCUT2D eigenvalue weighted by Gasteiger charge is -2.09. The zero-order chi connectivity index (χ0) is 23.4. The van der Waals surface area contributed by atoms with Gasteiger partial charge in [-0.05, 0) is 24.5 Å². The minimum atomic E-state index is -0.503. The summed E-state index contributed by atoms with van der Waals surface area (Å²) in [4.78, 5) is 28.4. The van der Waals surface area contributed by atoms with Gasteiger partial charge in [0.25, 0.3) is 0 Å². The lowest BCUT2D eigenvalue weighted by atomic mass is 10.0. The first kappa shape index (κ1) is 28.1. The normalized spacial score (nSPS) is 11.8. The Morgan fingerprint density at radius 2 is 1.22 bits per heavy atom. The molecule has 0 aromatic carbocycles. The quantitative estimate of drug-likeness (QED) is 0.162. The standard InChI is InChI=1S/C27H45NO4/c1-4-6-7-8-9-10-11-12-13-14-15-16-17-21-31-26(29)24-19-18-20-25(28-24)27(30)32-22-23(3)5-2/h18-20,23H,4-17,21-22H2,1-3H3. The molecule has 0 bridgehead atoms. The minimum Gasteiger partial charge on any atom is -0.461 e. The van der Waals surface area contributed by atoms with E-state index in [4.69, 9.17) is 9.47 Å². The maximum atomic E-state index is 12.2. The molecule has 0 fully saturated rings. The fourth-order valence-electron chi connectivity index (χ4n) is 3.43. The van der Waals surface area contributed by atoms with E-state index in [9.17, 15) is 9.59 Å². The summed E-state index contributed by atoms with van der Waals surface area (Å²) < 4.78 is 10.6. The largest absolute Gasteiger partial charge is 0.461 e. The Bertz CT molecular complexity index is 632. The molecule has 32 heavy (non-hydrogen) atoms. The van der Waals surface area contributed by atoms with Crippen molar-refractivity contribution in [3.05, 3.63) is 29.6 Å². The molecule has 0 saturated heterocycles. The summed E-state index contributed by atoms with van der Waals surface area (Å²) >= 11 is 0.